The second-order valence-corrected chi connectivity index (χ2v) is 7.04. The van der Waals surface area contributed by atoms with Crippen LogP contribution in [0, 0.1) is 0 Å². The molecular formula is C22H25N3O3. The van der Waals surface area contributed by atoms with Gasteiger partial charge in [0.1, 0.15) is 5.75 Å². The Hall–Kier alpha value is -3.12. The molecule has 0 aliphatic rings. The van der Waals surface area contributed by atoms with Crippen molar-refractivity contribution in [3.05, 3.63) is 66.4 Å². The van der Waals surface area contributed by atoms with E-state index in [0.29, 0.717) is 6.54 Å². The summed E-state index contributed by atoms with van der Waals surface area (Å²) in [6.07, 6.45) is 2.07. The smallest absolute Gasteiger partial charge is 0.317 e. The molecule has 0 aliphatic heterocycles. The average molecular weight is 379 g/mol. The standard InChI is InChI=1S/C22H25N3O3/c1-16(2)28-20-11-9-17(10-12-20)22-18(13-24(3)15-21(26)27)14-25(23-22)19-7-5-4-6-8-19/h4-12,14,16H,13,15H2,1-3H3,(H,26,27). The maximum atomic E-state index is 11.0. The van der Waals surface area contributed by atoms with E-state index in [1.165, 1.54) is 0 Å². The highest BCUT2D eigenvalue weighted by atomic mass is 16.5. The van der Waals surface area contributed by atoms with Gasteiger partial charge in [0.25, 0.3) is 0 Å². The van der Waals surface area contributed by atoms with Crippen molar-refractivity contribution >= 4 is 5.97 Å². The van der Waals surface area contributed by atoms with Crippen LogP contribution in [0.25, 0.3) is 16.9 Å². The van der Waals surface area contributed by atoms with Crippen LogP contribution in [0.2, 0.25) is 0 Å². The molecule has 28 heavy (non-hydrogen) atoms. The third kappa shape index (κ3) is 4.98. The molecule has 0 saturated carbocycles. The molecule has 0 saturated heterocycles. The Balaban J connectivity index is 1.95. The van der Waals surface area contributed by atoms with Gasteiger partial charge in [-0.2, -0.15) is 5.10 Å². The van der Waals surface area contributed by atoms with Gasteiger partial charge in [-0.3, -0.25) is 9.69 Å². The van der Waals surface area contributed by atoms with E-state index < -0.39 is 5.97 Å². The number of carboxylic acid groups (broad SMARTS) is 1. The van der Waals surface area contributed by atoms with Gasteiger partial charge >= 0.3 is 5.97 Å². The Labute approximate surface area is 165 Å². The Bertz CT molecular complexity index is 918. The SMILES string of the molecule is CC(C)Oc1ccc(-c2nn(-c3ccccc3)cc2CN(C)CC(=O)O)cc1. The zero-order valence-corrected chi connectivity index (χ0v) is 16.4. The van der Waals surface area contributed by atoms with Crippen molar-refractivity contribution in [3.8, 4) is 22.7 Å². The number of aliphatic carboxylic acids is 1. The highest BCUT2D eigenvalue weighted by Gasteiger charge is 2.15. The van der Waals surface area contributed by atoms with E-state index in [9.17, 15) is 4.79 Å². The van der Waals surface area contributed by atoms with Crippen LogP contribution in [-0.4, -0.2) is 45.5 Å². The van der Waals surface area contributed by atoms with E-state index in [-0.39, 0.29) is 12.6 Å². The maximum absolute atomic E-state index is 11.0. The van der Waals surface area contributed by atoms with E-state index >= 15 is 0 Å². The predicted molar refractivity (Wildman–Crippen MR) is 109 cm³/mol. The minimum Gasteiger partial charge on any atom is -0.491 e. The summed E-state index contributed by atoms with van der Waals surface area (Å²) < 4.78 is 7.55. The van der Waals surface area contributed by atoms with Crippen LogP contribution in [0.5, 0.6) is 5.75 Å². The first-order chi connectivity index (χ1) is 13.4. The van der Waals surface area contributed by atoms with Gasteiger partial charge in [-0.15, -0.1) is 0 Å². The Morgan fingerprint density at radius 1 is 1.14 bits per heavy atom. The number of para-hydroxylation sites is 1. The van der Waals surface area contributed by atoms with Crippen molar-refractivity contribution in [2.75, 3.05) is 13.6 Å². The van der Waals surface area contributed by atoms with Gasteiger partial charge in [0.05, 0.1) is 24.0 Å². The first-order valence-electron chi connectivity index (χ1n) is 9.24. The lowest BCUT2D eigenvalue weighted by Gasteiger charge is -2.14. The summed E-state index contributed by atoms with van der Waals surface area (Å²) in [6.45, 7) is 4.44. The fraction of sp³-hybridized carbons (Fsp3) is 0.273. The molecule has 0 spiro atoms. The molecule has 6 nitrogen and oxygen atoms in total. The van der Waals surface area contributed by atoms with E-state index in [1.54, 1.807) is 11.9 Å². The molecule has 0 atom stereocenters. The Morgan fingerprint density at radius 3 is 2.43 bits per heavy atom. The molecule has 146 valence electrons. The Morgan fingerprint density at radius 2 is 1.82 bits per heavy atom. The van der Waals surface area contributed by atoms with E-state index in [2.05, 4.69) is 0 Å². The van der Waals surface area contributed by atoms with Gasteiger partial charge in [-0.1, -0.05) is 18.2 Å². The number of benzene rings is 2. The first-order valence-corrected chi connectivity index (χ1v) is 9.24. The van der Waals surface area contributed by atoms with E-state index in [0.717, 1.165) is 28.3 Å². The maximum Gasteiger partial charge on any atom is 0.317 e. The molecule has 0 unspecified atom stereocenters. The largest absolute Gasteiger partial charge is 0.491 e. The number of carbonyl (C=O) groups is 1. The molecule has 0 radical (unpaired) electrons. The van der Waals surface area contributed by atoms with Crippen LogP contribution in [0.4, 0.5) is 0 Å². The Kier molecular flexibility index (Phi) is 6.11. The summed E-state index contributed by atoms with van der Waals surface area (Å²) in [5.74, 6) is -0.0412. The van der Waals surface area contributed by atoms with Gasteiger partial charge < -0.3 is 9.84 Å². The molecule has 0 bridgehead atoms. The molecule has 1 N–H and O–H groups in total. The molecule has 0 fully saturated rings. The summed E-state index contributed by atoms with van der Waals surface area (Å²) in [4.78, 5) is 12.8. The van der Waals surface area contributed by atoms with Crippen LogP contribution in [0.1, 0.15) is 19.4 Å². The summed E-state index contributed by atoms with van der Waals surface area (Å²) in [6, 6.07) is 17.7. The molecule has 1 heterocycles. The van der Waals surface area contributed by atoms with Crippen LogP contribution in [0.3, 0.4) is 0 Å². The molecule has 0 amide bonds. The third-order valence-electron chi connectivity index (χ3n) is 4.16. The number of carboxylic acids is 1. The summed E-state index contributed by atoms with van der Waals surface area (Å²) in [7, 11) is 1.79. The summed E-state index contributed by atoms with van der Waals surface area (Å²) >= 11 is 0. The number of rotatable bonds is 8. The van der Waals surface area contributed by atoms with Gasteiger partial charge in [0.15, 0.2) is 0 Å². The minimum atomic E-state index is -0.852. The molecule has 3 aromatic rings. The van der Waals surface area contributed by atoms with Gasteiger partial charge in [-0.05, 0) is 57.3 Å². The lowest BCUT2D eigenvalue weighted by atomic mass is 10.1. The van der Waals surface area contributed by atoms with Crippen molar-refractivity contribution in [1.82, 2.24) is 14.7 Å². The van der Waals surface area contributed by atoms with Crippen LogP contribution in [0.15, 0.2) is 60.8 Å². The zero-order valence-electron chi connectivity index (χ0n) is 16.4. The quantitative estimate of drug-likeness (QED) is 0.644. The highest BCUT2D eigenvalue weighted by molar-refractivity contribution is 5.69. The van der Waals surface area contributed by atoms with Crippen molar-refractivity contribution in [3.63, 3.8) is 0 Å². The number of ether oxygens (including phenoxy) is 1. The molecule has 2 aromatic carbocycles. The zero-order chi connectivity index (χ0) is 20.1. The number of hydrogen-bond donors (Lipinski definition) is 1. The number of nitrogens with zero attached hydrogens (tertiary/aromatic N) is 3. The molecule has 3 rings (SSSR count). The van der Waals surface area contributed by atoms with E-state index in [1.807, 2.05) is 79.3 Å². The van der Waals surface area contributed by atoms with Gasteiger partial charge in [0.2, 0.25) is 0 Å². The van der Waals surface area contributed by atoms with Crippen molar-refractivity contribution in [2.45, 2.75) is 26.5 Å². The monoisotopic (exact) mass is 379 g/mol. The van der Waals surface area contributed by atoms with Crippen molar-refractivity contribution < 1.29 is 14.6 Å². The van der Waals surface area contributed by atoms with Gasteiger partial charge in [-0.25, -0.2) is 4.68 Å². The highest BCUT2D eigenvalue weighted by Crippen LogP contribution is 2.27. The summed E-state index contributed by atoms with van der Waals surface area (Å²) in [5.41, 5.74) is 3.71. The van der Waals surface area contributed by atoms with E-state index in [4.69, 9.17) is 14.9 Å². The molecule has 6 heteroatoms. The number of hydrogen-bond acceptors (Lipinski definition) is 4. The third-order valence-corrected chi connectivity index (χ3v) is 4.16. The average Bonchev–Trinajstić information content (AvgIpc) is 3.05. The predicted octanol–water partition coefficient (Wildman–Crippen LogP) is 3.84. The van der Waals surface area contributed by atoms with Crippen LogP contribution >= 0.6 is 0 Å². The van der Waals surface area contributed by atoms with Crippen molar-refractivity contribution in [2.24, 2.45) is 0 Å². The molecule has 1 aromatic heterocycles. The number of likely N-dealkylation sites (N-methyl/N-ethyl adjacent to an activating group) is 1. The second kappa shape index (κ2) is 8.71. The lowest BCUT2D eigenvalue weighted by molar-refractivity contribution is -0.138. The van der Waals surface area contributed by atoms with Crippen LogP contribution < -0.4 is 4.74 Å². The van der Waals surface area contributed by atoms with Crippen molar-refractivity contribution in [1.29, 1.82) is 0 Å². The lowest BCUT2D eigenvalue weighted by Crippen LogP contribution is -2.25. The number of aromatic nitrogens is 2. The normalized spacial score (nSPS) is 11.2. The minimum absolute atomic E-state index is 0.0306. The fourth-order valence-electron chi connectivity index (χ4n) is 3.02. The summed E-state index contributed by atoms with van der Waals surface area (Å²) in [5, 5.41) is 13.8. The topological polar surface area (TPSA) is 67.6 Å². The molecular weight excluding hydrogens is 354 g/mol. The van der Waals surface area contributed by atoms with Crippen LogP contribution in [-0.2, 0) is 11.3 Å². The van der Waals surface area contributed by atoms with Gasteiger partial charge in [0, 0.05) is 23.9 Å². The second-order valence-electron chi connectivity index (χ2n) is 7.04. The molecule has 0 aliphatic carbocycles. The fourth-order valence-corrected chi connectivity index (χ4v) is 3.02. The first kappa shape index (κ1) is 19.6.